The van der Waals surface area contributed by atoms with Crippen LogP contribution in [0.4, 0.5) is 0 Å². The molecule has 0 fully saturated rings. The zero-order valence-corrected chi connectivity index (χ0v) is 40.8. The highest BCUT2D eigenvalue weighted by Crippen LogP contribution is 2.45. The number of nitrogens with zero attached hydrogens (tertiary/aromatic N) is 1. The lowest BCUT2D eigenvalue weighted by molar-refractivity contribution is -0.146. The molecule has 0 aromatic carbocycles. The first-order chi connectivity index (χ1) is 24.7. The number of hydrogen-bond acceptors (Lipinski definition) is 8. The molecule has 1 rings (SSSR count). The van der Waals surface area contributed by atoms with Crippen LogP contribution in [0.15, 0.2) is 22.6 Å². The van der Waals surface area contributed by atoms with E-state index in [1.807, 2.05) is 46.1 Å². The molecule has 0 aliphatic heterocycles. The van der Waals surface area contributed by atoms with Gasteiger partial charge in [-0.1, -0.05) is 93.4 Å². The number of ketones is 1. The van der Waals surface area contributed by atoms with Crippen LogP contribution in [0.5, 0.6) is 0 Å². The predicted octanol–water partition coefficient (Wildman–Crippen LogP) is 12.1. The number of allylic oxidation sites excluding steroid dienone is 2. The highest BCUT2D eigenvalue weighted by Gasteiger charge is 2.50. The van der Waals surface area contributed by atoms with Gasteiger partial charge in [0.2, 0.25) is 0 Å². The Morgan fingerprint density at radius 2 is 1.62 bits per heavy atom. The second-order valence-electron chi connectivity index (χ2n) is 18.9. The Labute approximate surface area is 338 Å². The van der Waals surface area contributed by atoms with Crippen LogP contribution in [-0.4, -0.2) is 66.1 Å². The number of carboxylic acid groups (broad SMARTS) is 1. The summed E-state index contributed by atoms with van der Waals surface area (Å²) in [6.45, 7) is 33.9. The molecule has 1 aromatic rings. The molecule has 0 amide bonds. The van der Waals surface area contributed by atoms with E-state index < -0.39 is 46.9 Å². The van der Waals surface area contributed by atoms with Gasteiger partial charge >= 0.3 is 5.97 Å². The number of aryl methyl sites for hydroxylation is 1. The van der Waals surface area contributed by atoms with E-state index in [0.717, 1.165) is 54.4 Å². The van der Waals surface area contributed by atoms with Gasteiger partial charge in [0.15, 0.2) is 24.2 Å². The Hall–Kier alpha value is -0.751. The summed E-state index contributed by atoms with van der Waals surface area (Å²) in [5.41, 5.74) is 1.93. The Morgan fingerprint density at radius 3 is 2.09 bits per heavy atom. The van der Waals surface area contributed by atoms with Crippen LogP contribution in [0, 0.1) is 30.1 Å². The van der Waals surface area contributed by atoms with E-state index in [4.69, 9.17) is 11.5 Å². The number of rotatable bonds is 22. The molecule has 0 bridgehead atoms. The summed E-state index contributed by atoms with van der Waals surface area (Å²) in [7, 11) is -3.96. The second-order valence-corrected chi connectivity index (χ2v) is 32.5. The van der Waals surface area contributed by atoms with Crippen molar-refractivity contribution in [2.24, 2.45) is 23.2 Å². The first-order valence-corrected chi connectivity index (χ1v) is 28.6. The molecule has 7 atom stereocenters. The Morgan fingerprint density at radius 1 is 1.08 bits per heavy atom. The van der Waals surface area contributed by atoms with Crippen molar-refractivity contribution in [3.05, 3.63) is 33.3 Å². The van der Waals surface area contributed by atoms with Gasteiger partial charge in [-0.15, -0.1) is 22.7 Å². The number of aliphatic carboxylic acids is 1. The van der Waals surface area contributed by atoms with Gasteiger partial charge in [-0.3, -0.25) is 9.59 Å². The van der Waals surface area contributed by atoms with E-state index in [0.29, 0.717) is 0 Å². The highest BCUT2D eigenvalue weighted by molar-refractivity contribution is 8.58. The number of Topliss-reactive ketones (excluding diaryl/α,β-unsaturated/α-hetero) is 1. The summed E-state index contributed by atoms with van der Waals surface area (Å²) in [4.78, 5) is 31.4. The molecule has 2 unspecified atom stereocenters. The average molecular weight is 830 g/mol. The van der Waals surface area contributed by atoms with E-state index in [9.17, 15) is 19.3 Å². The highest BCUT2D eigenvalue weighted by atomic mass is 32.7. The number of carbonyl (C=O) groups is 2. The minimum absolute atomic E-state index is 0.0331. The van der Waals surface area contributed by atoms with Crippen LogP contribution in [0.3, 0.4) is 0 Å². The maximum absolute atomic E-state index is 14.7. The van der Waals surface area contributed by atoms with Crippen LogP contribution in [0.25, 0.3) is 6.08 Å². The van der Waals surface area contributed by atoms with E-state index in [2.05, 4.69) is 99.6 Å². The fourth-order valence-corrected chi connectivity index (χ4v) is 12.2. The molecule has 53 heavy (non-hydrogen) atoms. The SMILES string of the molecule is [2H]P(=O)([B][3H])SC(C(C)=Cc1csc(C)n1)[C@@H](C)C=C(C)CCC[C@H](C)[C@H](O[Si](C)(C)C(C)(C)C)[C@@H](C)C(=O)C(C)(C)[C@H](CC(=O)O)O[Si](C)(C)C(C)(C)C. The molecule has 1 heterocycles. The summed E-state index contributed by atoms with van der Waals surface area (Å²) in [6, 6.07) is 0. The van der Waals surface area contributed by atoms with Gasteiger partial charge in [0.05, 0.1) is 37.4 Å². The summed E-state index contributed by atoms with van der Waals surface area (Å²) < 4.78 is 42.5. The summed E-state index contributed by atoms with van der Waals surface area (Å²) in [5.74, 6) is -1.50. The molecule has 0 saturated carbocycles. The number of carbonyl (C=O) groups excluding carboxylic acids is 1. The normalized spacial score (nSPS) is 19.3. The maximum Gasteiger partial charge on any atom is 0.305 e. The van der Waals surface area contributed by atoms with Gasteiger partial charge < -0.3 is 18.5 Å². The third kappa shape index (κ3) is 15.3. The fourth-order valence-electron chi connectivity index (χ4n) is 6.21. The van der Waals surface area contributed by atoms with Gasteiger partial charge in [0.1, 0.15) is 5.78 Å². The number of aromatic nitrogens is 1. The molecular formula is C40H74BNO6PS2Si2. The van der Waals surface area contributed by atoms with Crippen molar-refractivity contribution in [1.82, 2.24) is 4.98 Å². The quantitative estimate of drug-likeness (QED) is 0.0700. The van der Waals surface area contributed by atoms with Gasteiger partial charge in [-0.2, -0.15) is 0 Å². The van der Waals surface area contributed by atoms with Crippen molar-refractivity contribution in [3.8, 4) is 0 Å². The lowest BCUT2D eigenvalue weighted by Gasteiger charge is -2.46. The average Bonchev–Trinajstić information content (AvgIpc) is 3.43. The van der Waals surface area contributed by atoms with E-state index >= 15 is 0 Å². The van der Waals surface area contributed by atoms with Crippen LogP contribution in [-0.2, 0) is 23.0 Å². The number of hydrogen-bond donors (Lipinski definition) is 1. The van der Waals surface area contributed by atoms with Crippen LogP contribution < -0.4 is 0 Å². The third-order valence-corrected chi connectivity index (χ3v) is 24.0. The summed E-state index contributed by atoms with van der Waals surface area (Å²) in [6.07, 6.45) is 5.33. The first-order valence-electron chi connectivity index (χ1n) is 20.1. The molecule has 0 saturated heterocycles. The van der Waals surface area contributed by atoms with E-state index in [-0.39, 0.29) is 45.5 Å². The molecular weight excluding hydrogens is 753 g/mol. The topological polar surface area (TPSA) is 103 Å². The summed E-state index contributed by atoms with van der Waals surface area (Å²) >= 11 is 2.61. The van der Waals surface area contributed by atoms with Gasteiger partial charge in [-0.05, 0) is 95.5 Å². The number of thiazole rings is 1. The van der Waals surface area contributed by atoms with Crippen molar-refractivity contribution < 1.29 is 28.1 Å². The van der Waals surface area contributed by atoms with Crippen LogP contribution >= 0.6 is 29.5 Å². The number of carboxylic acids is 1. The molecule has 303 valence electrons. The lowest BCUT2D eigenvalue weighted by Crippen LogP contribution is -2.54. The lowest BCUT2D eigenvalue weighted by atomic mass is 9.73. The molecule has 0 aliphatic carbocycles. The molecule has 1 N–H and O–H groups in total. The Balaban J connectivity index is 3.39. The van der Waals surface area contributed by atoms with E-state index in [1.165, 1.54) is 5.57 Å². The summed E-state index contributed by atoms with van der Waals surface area (Å²) in [5, 5.41) is 12.4. The first kappa shape index (κ1) is 46.6. The largest absolute Gasteiger partial charge is 0.481 e. The monoisotopic (exact) mass is 829 g/mol. The zero-order chi connectivity index (χ0) is 43.1. The predicted molar refractivity (Wildman–Crippen MR) is 238 cm³/mol. The van der Waals surface area contributed by atoms with Gasteiger partial charge in [0.25, 0.3) is 0 Å². The van der Waals surface area contributed by atoms with Crippen molar-refractivity contribution >= 4 is 71.5 Å². The minimum Gasteiger partial charge on any atom is -0.481 e. The van der Waals surface area contributed by atoms with Crippen LogP contribution in [0.1, 0.15) is 126 Å². The standard InChI is InChI=1S/C40H74BNO6PS2Si2/c1-26(22-28(3)36(51-49(41)46)29(4)23-32-25-50-31(6)42-32)20-19-21-27(2)35(48-53(17,18)39(10,11)12)30(5)37(45)40(13,14)33(24-34(43)44)47-52(15,16)38(7,8)9/h22-23,25,27-28,30,33,35-36,41,49H,19-21,24H2,1-18H3,(H,43,44)/t27-,28-,30+,33-,35-,36?/m0/s1/i41T,49D. The molecule has 1 aromatic heterocycles. The van der Waals surface area contributed by atoms with Crippen LogP contribution in [0.2, 0.25) is 36.3 Å². The van der Waals surface area contributed by atoms with Gasteiger partial charge in [-0.25, -0.2) is 4.98 Å². The van der Waals surface area contributed by atoms with Crippen molar-refractivity contribution in [1.29, 1.82) is 2.61 Å². The minimum atomic E-state index is -3.57. The Kier molecular flexibility index (Phi) is 17.7. The van der Waals surface area contributed by atoms with Crippen molar-refractivity contribution in [3.63, 3.8) is 0 Å². The Bertz CT molecular complexity index is 1560. The molecule has 1 radical (unpaired) electrons. The maximum atomic E-state index is 14.7. The fraction of sp³-hybridized carbons (Fsp3) is 0.775. The zero-order valence-electron chi connectivity index (χ0n) is 38.3. The third-order valence-electron chi connectivity index (χ3n) is 11.7. The smallest absolute Gasteiger partial charge is 0.305 e. The second kappa shape index (κ2) is 20.1. The molecule has 0 aliphatic rings. The van der Waals surface area contributed by atoms with E-state index in [1.54, 1.807) is 11.3 Å². The van der Waals surface area contributed by atoms with Gasteiger partial charge in [0, 0.05) is 22.0 Å². The van der Waals surface area contributed by atoms with Crippen molar-refractivity contribution in [2.45, 2.75) is 176 Å². The molecule has 0 spiro atoms. The molecule has 13 heteroatoms. The van der Waals surface area contributed by atoms with Crippen molar-refractivity contribution in [2.75, 3.05) is 0 Å². The molecule has 7 nitrogen and oxygen atoms in total.